The number of nitrogens with zero attached hydrogens (tertiary/aromatic N) is 2. The van der Waals surface area contributed by atoms with Gasteiger partial charge >= 0.3 is 5.63 Å². The van der Waals surface area contributed by atoms with Crippen LogP contribution in [0.1, 0.15) is 16.7 Å². The van der Waals surface area contributed by atoms with Gasteiger partial charge in [-0.1, -0.05) is 30.3 Å². The van der Waals surface area contributed by atoms with Crippen LogP contribution >= 0.6 is 0 Å². The molecule has 1 aliphatic heterocycles. The molecule has 0 radical (unpaired) electrons. The van der Waals surface area contributed by atoms with Gasteiger partial charge in [0.05, 0.1) is 22.7 Å². The summed E-state index contributed by atoms with van der Waals surface area (Å²) in [6.07, 6.45) is 1.71. The Labute approximate surface area is 165 Å². The molecule has 0 spiro atoms. The Hall–Kier alpha value is -4.17. The van der Waals surface area contributed by atoms with E-state index in [1.54, 1.807) is 30.3 Å². The fourth-order valence-corrected chi connectivity index (χ4v) is 3.67. The van der Waals surface area contributed by atoms with E-state index in [4.69, 9.17) is 9.68 Å². The number of aromatic amines is 1. The smallest absolute Gasteiger partial charge is 0.361 e. The average molecular weight is 377 g/mol. The van der Waals surface area contributed by atoms with Crippen molar-refractivity contribution in [2.45, 2.75) is 6.92 Å². The van der Waals surface area contributed by atoms with Crippen molar-refractivity contribution in [2.75, 3.05) is 0 Å². The van der Waals surface area contributed by atoms with Crippen LogP contribution in [0.2, 0.25) is 0 Å². The molecule has 0 bridgehead atoms. The molecule has 5 rings (SSSR count). The highest BCUT2D eigenvalue weighted by molar-refractivity contribution is 5.81. The Bertz CT molecular complexity index is 1580. The molecule has 0 fully saturated rings. The summed E-state index contributed by atoms with van der Waals surface area (Å²) >= 11 is 0. The van der Waals surface area contributed by atoms with Crippen molar-refractivity contribution in [3.05, 3.63) is 109 Å². The fourth-order valence-electron chi connectivity index (χ4n) is 3.67. The minimum absolute atomic E-state index is 0.356. The normalized spacial score (nSPS) is 13.4. The molecule has 5 heteroatoms. The molecule has 4 aromatic rings. The topological polar surface area (TPSA) is 82.1 Å². The Morgan fingerprint density at radius 2 is 1.86 bits per heavy atom. The van der Waals surface area contributed by atoms with Crippen molar-refractivity contribution >= 4 is 11.8 Å². The van der Waals surface area contributed by atoms with E-state index in [0.29, 0.717) is 16.5 Å². The molecule has 2 heterocycles. The lowest BCUT2D eigenvalue weighted by Crippen LogP contribution is -2.20. The van der Waals surface area contributed by atoms with Crippen molar-refractivity contribution < 1.29 is 4.42 Å². The summed E-state index contributed by atoms with van der Waals surface area (Å²) in [5, 5.41) is 11.0. The van der Waals surface area contributed by atoms with Crippen LogP contribution in [0.5, 0.6) is 0 Å². The molecule has 138 valence electrons. The third-order valence-corrected chi connectivity index (χ3v) is 5.12. The van der Waals surface area contributed by atoms with E-state index in [2.05, 4.69) is 22.1 Å². The summed E-state index contributed by atoms with van der Waals surface area (Å²) < 4.78 is 5.52. The summed E-state index contributed by atoms with van der Waals surface area (Å²) in [5.41, 5.74) is 5.46. The maximum Gasteiger partial charge on any atom is 0.361 e. The molecule has 0 saturated heterocycles. The van der Waals surface area contributed by atoms with Gasteiger partial charge in [0.15, 0.2) is 0 Å². The minimum atomic E-state index is -0.436. The van der Waals surface area contributed by atoms with Crippen LogP contribution < -0.4 is 16.3 Å². The highest BCUT2D eigenvalue weighted by Gasteiger charge is 2.16. The first-order chi connectivity index (χ1) is 14.1. The van der Waals surface area contributed by atoms with Gasteiger partial charge in [-0.3, -0.25) is 0 Å². The largest absolute Gasteiger partial charge is 0.404 e. The zero-order valence-corrected chi connectivity index (χ0v) is 15.6. The number of nitrogens with one attached hydrogen (secondary N) is 1. The van der Waals surface area contributed by atoms with E-state index in [0.717, 1.165) is 38.5 Å². The SMILES string of the molecule is Cc1c2c(cc/c1=c1/[nH]/c(=C/c3ccc(C#N)cc3)c(=O)o1)=Nc1ccccc1-2. The quantitative estimate of drug-likeness (QED) is 0.487. The van der Waals surface area contributed by atoms with E-state index >= 15 is 0 Å². The Balaban J connectivity index is 1.74. The van der Waals surface area contributed by atoms with Gasteiger partial charge in [0.25, 0.3) is 0 Å². The number of benzene rings is 3. The lowest BCUT2D eigenvalue weighted by molar-refractivity contribution is 0.489. The van der Waals surface area contributed by atoms with Gasteiger partial charge in [0.1, 0.15) is 5.35 Å². The number of hydrogen-bond donors (Lipinski definition) is 1. The van der Waals surface area contributed by atoms with Crippen molar-refractivity contribution in [3.63, 3.8) is 0 Å². The molecule has 1 aliphatic rings. The number of para-hydroxylation sites is 1. The highest BCUT2D eigenvalue weighted by atomic mass is 16.4. The molecule has 5 nitrogen and oxygen atoms in total. The Kier molecular flexibility index (Phi) is 3.78. The predicted octanol–water partition coefficient (Wildman–Crippen LogP) is 3.20. The minimum Gasteiger partial charge on any atom is -0.404 e. The number of fused-ring (bicyclic) bond motifs is 3. The second kappa shape index (κ2) is 6.47. The standard InChI is InChI=1S/C24H15N3O2/c1-14-17(10-11-20-22(14)18-4-2-3-5-19(18)26-20)23-27-21(24(28)29-23)12-15-6-8-16(13-25)9-7-15/h2-12,27H,1H3/b21-12+,23-17+. The molecule has 1 aromatic heterocycles. The second-order valence-electron chi connectivity index (χ2n) is 6.90. The number of aromatic nitrogens is 1. The van der Waals surface area contributed by atoms with Gasteiger partial charge in [-0.15, -0.1) is 0 Å². The number of nitriles is 1. The van der Waals surface area contributed by atoms with E-state index < -0.39 is 5.63 Å². The van der Waals surface area contributed by atoms with Crippen LogP contribution in [-0.2, 0) is 0 Å². The molecule has 0 aliphatic carbocycles. The van der Waals surface area contributed by atoms with Gasteiger partial charge in [-0.2, -0.15) is 5.26 Å². The van der Waals surface area contributed by atoms with E-state index in [9.17, 15) is 4.79 Å². The molecule has 0 unspecified atom stereocenters. The first-order valence-electron chi connectivity index (χ1n) is 9.17. The van der Waals surface area contributed by atoms with Crippen LogP contribution in [0.3, 0.4) is 0 Å². The lowest BCUT2D eigenvalue weighted by atomic mass is 9.99. The lowest BCUT2D eigenvalue weighted by Gasteiger charge is -2.03. The molecule has 1 N–H and O–H groups in total. The Morgan fingerprint density at radius 1 is 1.07 bits per heavy atom. The summed E-state index contributed by atoms with van der Waals surface area (Å²) in [4.78, 5) is 20.2. The van der Waals surface area contributed by atoms with Crippen molar-refractivity contribution in [1.29, 1.82) is 5.26 Å². The van der Waals surface area contributed by atoms with Crippen LogP contribution in [0.4, 0.5) is 5.69 Å². The Morgan fingerprint density at radius 3 is 2.66 bits per heavy atom. The molecular weight excluding hydrogens is 362 g/mol. The summed E-state index contributed by atoms with van der Waals surface area (Å²) in [5.74, 6) is 0. The first-order valence-corrected chi connectivity index (χ1v) is 9.17. The highest BCUT2D eigenvalue weighted by Crippen LogP contribution is 2.34. The zero-order chi connectivity index (χ0) is 20.0. The van der Waals surface area contributed by atoms with Gasteiger partial charge in [0.2, 0.25) is 5.55 Å². The third-order valence-electron chi connectivity index (χ3n) is 5.12. The number of hydrogen-bond acceptors (Lipinski definition) is 4. The van der Waals surface area contributed by atoms with Crippen molar-refractivity contribution in [3.8, 4) is 17.2 Å². The molecular formula is C24H15N3O2. The van der Waals surface area contributed by atoms with Crippen LogP contribution in [0, 0.1) is 29.0 Å². The fraction of sp³-hybridized carbons (Fsp3) is 0.0417. The van der Waals surface area contributed by atoms with Crippen LogP contribution in [0.15, 0.2) is 74.9 Å². The van der Waals surface area contributed by atoms with Gasteiger partial charge in [-0.25, -0.2) is 9.79 Å². The van der Waals surface area contributed by atoms with Crippen LogP contribution in [0.25, 0.3) is 17.2 Å². The first kappa shape index (κ1) is 17.0. The molecule has 0 atom stereocenters. The van der Waals surface area contributed by atoms with Crippen molar-refractivity contribution in [2.24, 2.45) is 4.99 Å². The maximum atomic E-state index is 12.4. The molecule has 3 aromatic carbocycles. The van der Waals surface area contributed by atoms with E-state index in [1.165, 1.54) is 0 Å². The average Bonchev–Trinajstić information content (AvgIpc) is 3.29. The number of rotatable bonds is 1. The summed E-state index contributed by atoms with van der Waals surface area (Å²) in [6.45, 7) is 2.01. The number of oxazole rings is 1. The third kappa shape index (κ3) is 2.79. The summed E-state index contributed by atoms with van der Waals surface area (Å²) in [7, 11) is 0. The van der Waals surface area contributed by atoms with Gasteiger partial charge in [0, 0.05) is 16.3 Å². The molecule has 29 heavy (non-hydrogen) atoms. The predicted molar refractivity (Wildman–Crippen MR) is 109 cm³/mol. The molecule has 0 saturated carbocycles. The van der Waals surface area contributed by atoms with E-state index in [1.807, 2.05) is 37.3 Å². The zero-order valence-electron chi connectivity index (χ0n) is 15.6. The maximum absolute atomic E-state index is 12.4. The second-order valence-corrected chi connectivity index (χ2v) is 6.90. The van der Waals surface area contributed by atoms with Gasteiger partial charge < -0.3 is 9.40 Å². The monoisotopic (exact) mass is 377 g/mol. The van der Waals surface area contributed by atoms with Crippen LogP contribution in [-0.4, -0.2) is 4.98 Å². The number of H-pyrrole nitrogens is 1. The molecule has 0 amide bonds. The van der Waals surface area contributed by atoms with Crippen molar-refractivity contribution in [1.82, 2.24) is 4.98 Å². The van der Waals surface area contributed by atoms with Gasteiger partial charge in [-0.05, 0) is 54.5 Å². The van der Waals surface area contributed by atoms with E-state index in [-0.39, 0.29) is 0 Å². The summed E-state index contributed by atoms with van der Waals surface area (Å²) in [6, 6.07) is 21.0.